The molecule has 0 saturated carbocycles. The Balaban J connectivity index is 2.10. The van der Waals surface area contributed by atoms with Crippen molar-refractivity contribution in [3.8, 4) is 5.75 Å². The van der Waals surface area contributed by atoms with Gasteiger partial charge in [0.25, 0.3) is 0 Å². The number of hydrogen-bond acceptors (Lipinski definition) is 4. The molecule has 1 aromatic heterocycles. The van der Waals surface area contributed by atoms with Crippen molar-refractivity contribution >= 4 is 17.2 Å². The summed E-state index contributed by atoms with van der Waals surface area (Å²) in [5.41, 5.74) is 5.66. The summed E-state index contributed by atoms with van der Waals surface area (Å²) in [5, 5.41) is 13.2. The number of nitrogens with two attached hydrogens (primary N) is 1. The molecular formula is C12H11FN2O2S. The van der Waals surface area contributed by atoms with E-state index in [1.807, 2.05) is 17.5 Å². The van der Waals surface area contributed by atoms with Crippen LogP contribution in [0.15, 0.2) is 40.9 Å². The molecule has 94 valence electrons. The highest BCUT2D eigenvalue weighted by Gasteiger charge is 2.07. The van der Waals surface area contributed by atoms with Gasteiger partial charge in [-0.2, -0.15) is 0 Å². The van der Waals surface area contributed by atoms with E-state index in [1.54, 1.807) is 11.3 Å². The van der Waals surface area contributed by atoms with Crippen LogP contribution in [0.25, 0.3) is 0 Å². The van der Waals surface area contributed by atoms with E-state index >= 15 is 0 Å². The minimum atomic E-state index is -0.546. The number of amidine groups is 1. The predicted octanol–water partition coefficient (Wildman–Crippen LogP) is 2.56. The van der Waals surface area contributed by atoms with E-state index < -0.39 is 5.82 Å². The molecule has 0 atom stereocenters. The van der Waals surface area contributed by atoms with Crippen LogP contribution in [-0.4, -0.2) is 11.0 Å². The van der Waals surface area contributed by atoms with Gasteiger partial charge in [0.2, 0.25) is 0 Å². The van der Waals surface area contributed by atoms with Crippen LogP contribution in [0.5, 0.6) is 5.75 Å². The highest BCUT2D eigenvalue weighted by atomic mass is 32.1. The topological polar surface area (TPSA) is 67.8 Å². The van der Waals surface area contributed by atoms with Crippen LogP contribution >= 0.6 is 11.3 Å². The molecule has 6 heteroatoms. The first kappa shape index (κ1) is 12.4. The van der Waals surface area contributed by atoms with Gasteiger partial charge in [-0.1, -0.05) is 11.2 Å². The first-order valence-corrected chi connectivity index (χ1v) is 6.01. The second kappa shape index (κ2) is 5.50. The Morgan fingerprint density at radius 2 is 2.28 bits per heavy atom. The second-order valence-corrected chi connectivity index (χ2v) is 4.53. The van der Waals surface area contributed by atoms with Crippen molar-refractivity contribution in [1.29, 1.82) is 0 Å². The number of oxime groups is 1. The molecule has 1 aromatic carbocycles. The quantitative estimate of drug-likeness (QED) is 0.387. The summed E-state index contributed by atoms with van der Waals surface area (Å²) in [5.74, 6) is -0.549. The van der Waals surface area contributed by atoms with E-state index in [2.05, 4.69) is 5.16 Å². The molecule has 2 aromatic rings. The number of halogens is 1. The Morgan fingerprint density at radius 1 is 1.44 bits per heavy atom. The lowest BCUT2D eigenvalue weighted by Crippen LogP contribution is -2.13. The molecule has 0 unspecified atom stereocenters. The largest absolute Gasteiger partial charge is 0.485 e. The molecule has 0 saturated heterocycles. The van der Waals surface area contributed by atoms with E-state index in [-0.39, 0.29) is 11.6 Å². The van der Waals surface area contributed by atoms with Gasteiger partial charge in [-0.15, -0.1) is 11.3 Å². The summed E-state index contributed by atoms with van der Waals surface area (Å²) in [6.07, 6.45) is 0. The van der Waals surface area contributed by atoms with Crippen LogP contribution in [-0.2, 0) is 6.61 Å². The normalized spacial score (nSPS) is 11.5. The fourth-order valence-corrected chi connectivity index (χ4v) is 1.99. The van der Waals surface area contributed by atoms with Gasteiger partial charge in [0.1, 0.15) is 6.61 Å². The van der Waals surface area contributed by atoms with Crippen LogP contribution in [0.1, 0.15) is 10.4 Å². The van der Waals surface area contributed by atoms with E-state index in [9.17, 15) is 4.39 Å². The first-order valence-electron chi connectivity index (χ1n) is 5.13. The average molecular weight is 266 g/mol. The van der Waals surface area contributed by atoms with Gasteiger partial charge < -0.3 is 15.7 Å². The molecule has 0 radical (unpaired) electrons. The van der Waals surface area contributed by atoms with Crippen molar-refractivity contribution in [3.05, 3.63) is 52.0 Å². The molecule has 1 heterocycles. The fourth-order valence-electron chi connectivity index (χ4n) is 1.38. The Morgan fingerprint density at radius 3 is 2.89 bits per heavy atom. The van der Waals surface area contributed by atoms with Gasteiger partial charge in [0.15, 0.2) is 17.4 Å². The molecule has 0 aliphatic heterocycles. The van der Waals surface area contributed by atoms with Crippen molar-refractivity contribution in [2.75, 3.05) is 0 Å². The Bertz CT molecular complexity index is 555. The minimum Gasteiger partial charge on any atom is -0.485 e. The predicted molar refractivity (Wildman–Crippen MR) is 67.6 cm³/mol. The summed E-state index contributed by atoms with van der Waals surface area (Å²) < 4.78 is 19.0. The van der Waals surface area contributed by atoms with Gasteiger partial charge in [-0.05, 0) is 29.6 Å². The first-order chi connectivity index (χ1) is 8.70. The maximum Gasteiger partial charge on any atom is 0.170 e. The van der Waals surface area contributed by atoms with Crippen LogP contribution < -0.4 is 10.5 Å². The van der Waals surface area contributed by atoms with Crippen LogP contribution in [0, 0.1) is 5.82 Å². The zero-order chi connectivity index (χ0) is 13.0. The molecule has 4 nitrogen and oxygen atoms in total. The molecule has 0 amide bonds. The lowest BCUT2D eigenvalue weighted by Gasteiger charge is -2.07. The molecule has 0 spiro atoms. The van der Waals surface area contributed by atoms with Crippen molar-refractivity contribution in [3.63, 3.8) is 0 Å². The van der Waals surface area contributed by atoms with Crippen molar-refractivity contribution in [2.45, 2.75) is 6.61 Å². The zero-order valence-electron chi connectivity index (χ0n) is 9.34. The highest BCUT2D eigenvalue weighted by Crippen LogP contribution is 2.20. The summed E-state index contributed by atoms with van der Waals surface area (Å²) in [6, 6.07) is 7.96. The number of thiophene rings is 1. The van der Waals surface area contributed by atoms with Crippen LogP contribution in [0.3, 0.4) is 0 Å². The van der Waals surface area contributed by atoms with Crippen molar-refractivity contribution in [1.82, 2.24) is 0 Å². The molecule has 18 heavy (non-hydrogen) atoms. The Labute approximate surface area is 107 Å². The van der Waals surface area contributed by atoms with E-state index in [0.717, 1.165) is 4.88 Å². The SMILES string of the molecule is NC(=NO)c1ccc(OCc2cccs2)c(F)c1. The molecule has 0 bridgehead atoms. The minimum absolute atomic E-state index is 0.137. The number of nitrogens with zero attached hydrogens (tertiary/aromatic N) is 1. The standard InChI is InChI=1S/C12H11FN2O2S/c13-10-6-8(12(14)15-16)3-4-11(10)17-7-9-2-1-5-18-9/h1-6,16H,7H2,(H2,14,15). The number of benzene rings is 1. The zero-order valence-corrected chi connectivity index (χ0v) is 10.2. The third kappa shape index (κ3) is 2.78. The number of hydrogen-bond donors (Lipinski definition) is 2. The molecular weight excluding hydrogens is 255 g/mol. The van der Waals surface area contributed by atoms with Gasteiger partial charge >= 0.3 is 0 Å². The third-order valence-corrected chi connectivity index (χ3v) is 3.14. The second-order valence-electron chi connectivity index (χ2n) is 3.50. The monoisotopic (exact) mass is 266 g/mol. The average Bonchev–Trinajstić information content (AvgIpc) is 2.89. The van der Waals surface area contributed by atoms with Gasteiger partial charge in [0, 0.05) is 10.4 Å². The number of ether oxygens (including phenoxy) is 1. The van der Waals surface area contributed by atoms with Gasteiger partial charge in [0.05, 0.1) is 0 Å². The highest BCUT2D eigenvalue weighted by molar-refractivity contribution is 7.09. The third-order valence-electron chi connectivity index (χ3n) is 2.29. The Hall–Kier alpha value is -2.08. The molecule has 2 rings (SSSR count). The van der Waals surface area contributed by atoms with Crippen molar-refractivity contribution in [2.24, 2.45) is 10.9 Å². The van der Waals surface area contributed by atoms with E-state index in [4.69, 9.17) is 15.7 Å². The lowest BCUT2D eigenvalue weighted by molar-refractivity contribution is 0.293. The van der Waals surface area contributed by atoms with E-state index in [0.29, 0.717) is 12.2 Å². The summed E-state index contributed by atoms with van der Waals surface area (Å²) in [7, 11) is 0. The van der Waals surface area contributed by atoms with Gasteiger partial charge in [-0.3, -0.25) is 0 Å². The summed E-state index contributed by atoms with van der Waals surface area (Å²) in [4.78, 5) is 1.01. The fraction of sp³-hybridized carbons (Fsp3) is 0.0833. The van der Waals surface area contributed by atoms with Crippen LogP contribution in [0.4, 0.5) is 4.39 Å². The molecule has 0 aliphatic carbocycles. The number of rotatable bonds is 4. The summed E-state index contributed by atoms with van der Waals surface area (Å²) in [6.45, 7) is 0.317. The van der Waals surface area contributed by atoms with Gasteiger partial charge in [-0.25, -0.2) is 4.39 Å². The Kier molecular flexibility index (Phi) is 3.78. The lowest BCUT2D eigenvalue weighted by atomic mass is 10.2. The molecule has 0 fully saturated rings. The maximum absolute atomic E-state index is 13.7. The summed E-state index contributed by atoms with van der Waals surface area (Å²) >= 11 is 1.54. The molecule has 0 aliphatic rings. The van der Waals surface area contributed by atoms with Crippen molar-refractivity contribution < 1.29 is 14.3 Å². The van der Waals surface area contributed by atoms with Crippen LogP contribution in [0.2, 0.25) is 0 Å². The van der Waals surface area contributed by atoms with E-state index in [1.165, 1.54) is 18.2 Å². The smallest absolute Gasteiger partial charge is 0.170 e. The maximum atomic E-state index is 13.7. The molecule has 3 N–H and O–H groups in total.